The van der Waals surface area contributed by atoms with Crippen molar-refractivity contribution < 1.29 is 8.42 Å². The number of hydrogen-bond donors (Lipinski definition) is 1. The summed E-state index contributed by atoms with van der Waals surface area (Å²) in [4.78, 5) is 1.30. The molecule has 1 N–H and O–H groups in total. The highest BCUT2D eigenvalue weighted by atomic mass is 32.2. The van der Waals surface area contributed by atoms with Crippen LogP contribution in [0.4, 0.5) is 0 Å². The van der Waals surface area contributed by atoms with Gasteiger partial charge in [0.25, 0.3) is 0 Å². The molecule has 1 atom stereocenters. The van der Waals surface area contributed by atoms with E-state index in [1.807, 2.05) is 30.5 Å². The van der Waals surface area contributed by atoms with Crippen LogP contribution >= 0.6 is 11.3 Å². The van der Waals surface area contributed by atoms with E-state index in [1.54, 1.807) is 53.5 Å². The smallest absolute Gasteiger partial charge is 0.241 e. The van der Waals surface area contributed by atoms with Gasteiger partial charge in [-0.25, -0.2) is 17.8 Å². The van der Waals surface area contributed by atoms with Gasteiger partial charge < -0.3 is 0 Å². The maximum atomic E-state index is 12.9. The summed E-state index contributed by atoms with van der Waals surface area (Å²) < 4.78 is 30.3. The quantitative estimate of drug-likeness (QED) is 0.728. The largest absolute Gasteiger partial charge is 0.241 e. The molecular formula is C17H19N3O2S2. The van der Waals surface area contributed by atoms with E-state index in [1.165, 1.54) is 0 Å². The molecule has 1 aromatic carbocycles. The fourth-order valence-corrected chi connectivity index (χ4v) is 5.02. The molecule has 0 saturated carbocycles. The van der Waals surface area contributed by atoms with E-state index in [-0.39, 0.29) is 10.9 Å². The van der Waals surface area contributed by atoms with E-state index in [2.05, 4.69) is 9.82 Å². The third-order valence-corrected chi connectivity index (χ3v) is 6.42. The molecule has 0 bridgehead atoms. The molecule has 0 unspecified atom stereocenters. The molecular weight excluding hydrogens is 342 g/mol. The summed E-state index contributed by atoms with van der Waals surface area (Å²) in [5.41, 5.74) is 1.43. The van der Waals surface area contributed by atoms with E-state index in [0.29, 0.717) is 12.0 Å². The Labute approximate surface area is 146 Å². The summed E-state index contributed by atoms with van der Waals surface area (Å²) in [6.45, 7) is 3.77. The molecule has 0 aliphatic carbocycles. The van der Waals surface area contributed by atoms with Gasteiger partial charge in [-0.1, -0.05) is 19.1 Å². The second-order valence-corrected chi connectivity index (χ2v) is 8.16. The van der Waals surface area contributed by atoms with E-state index < -0.39 is 10.0 Å². The van der Waals surface area contributed by atoms with Crippen molar-refractivity contribution in [2.75, 3.05) is 0 Å². The fraction of sp³-hybridized carbons (Fsp3) is 0.235. The molecule has 0 aliphatic heterocycles. The van der Waals surface area contributed by atoms with Crippen LogP contribution in [0.1, 0.15) is 29.8 Å². The molecule has 0 spiro atoms. The second kappa shape index (κ2) is 6.88. The molecule has 2 aromatic heterocycles. The molecule has 0 saturated heterocycles. The first kappa shape index (κ1) is 16.9. The normalized spacial score (nSPS) is 13.1. The average molecular weight is 361 g/mol. The van der Waals surface area contributed by atoms with Gasteiger partial charge in [0.1, 0.15) is 0 Å². The number of thiophene rings is 1. The topological polar surface area (TPSA) is 64.0 Å². The Morgan fingerprint density at radius 2 is 2.12 bits per heavy atom. The molecule has 3 rings (SSSR count). The molecule has 0 aliphatic rings. The lowest BCUT2D eigenvalue weighted by molar-refractivity contribution is 0.552. The number of aromatic nitrogens is 2. The van der Waals surface area contributed by atoms with E-state index >= 15 is 0 Å². The van der Waals surface area contributed by atoms with Crippen LogP contribution < -0.4 is 4.72 Å². The van der Waals surface area contributed by atoms with Gasteiger partial charge in [0, 0.05) is 17.3 Å². The van der Waals surface area contributed by atoms with Gasteiger partial charge in [0.15, 0.2) is 0 Å². The SMILES string of the molecule is CC[C@H](NS(=O)(=O)c1cc(-n2cccn2)ccc1C)c1cccs1. The van der Waals surface area contributed by atoms with E-state index in [4.69, 9.17) is 0 Å². The fourth-order valence-electron chi connectivity index (χ4n) is 2.53. The lowest BCUT2D eigenvalue weighted by Gasteiger charge is -2.17. The van der Waals surface area contributed by atoms with Crippen LogP contribution in [0.2, 0.25) is 0 Å². The highest BCUT2D eigenvalue weighted by Crippen LogP contribution is 2.26. The van der Waals surface area contributed by atoms with Gasteiger partial charge in [0.05, 0.1) is 16.6 Å². The van der Waals surface area contributed by atoms with Crippen molar-refractivity contribution in [1.29, 1.82) is 0 Å². The minimum atomic E-state index is -3.63. The molecule has 24 heavy (non-hydrogen) atoms. The molecule has 0 fully saturated rings. The maximum absolute atomic E-state index is 12.9. The molecule has 0 radical (unpaired) electrons. The molecule has 5 nitrogen and oxygen atoms in total. The number of benzene rings is 1. The van der Waals surface area contributed by atoms with Crippen LogP contribution in [0.5, 0.6) is 0 Å². The number of nitrogens with zero attached hydrogens (tertiary/aromatic N) is 2. The van der Waals surface area contributed by atoms with Gasteiger partial charge in [0.2, 0.25) is 10.0 Å². The van der Waals surface area contributed by atoms with Gasteiger partial charge in [-0.05, 0) is 48.6 Å². The van der Waals surface area contributed by atoms with Crippen molar-refractivity contribution in [3.63, 3.8) is 0 Å². The predicted octanol–water partition coefficient (Wildman–Crippen LogP) is 3.67. The zero-order valence-corrected chi connectivity index (χ0v) is 15.1. The zero-order valence-electron chi connectivity index (χ0n) is 13.5. The standard InChI is InChI=1S/C17H19N3O2S2/c1-3-15(16-6-4-11-23-16)19-24(21,22)17-12-14(8-7-13(17)2)20-10-5-9-18-20/h4-12,15,19H,3H2,1-2H3/t15-/m0/s1. The van der Waals surface area contributed by atoms with Gasteiger partial charge in [-0.2, -0.15) is 5.10 Å². The third-order valence-electron chi connectivity index (χ3n) is 3.82. The Hall–Kier alpha value is -1.96. The monoisotopic (exact) mass is 361 g/mol. The summed E-state index contributed by atoms with van der Waals surface area (Å²) in [6.07, 6.45) is 4.14. The molecule has 7 heteroatoms. The van der Waals surface area contributed by atoms with Gasteiger partial charge >= 0.3 is 0 Å². The Morgan fingerprint density at radius 3 is 2.75 bits per heavy atom. The Balaban J connectivity index is 1.96. The van der Waals surface area contributed by atoms with Crippen LogP contribution in [0.3, 0.4) is 0 Å². The first-order chi connectivity index (χ1) is 11.5. The highest BCUT2D eigenvalue weighted by Gasteiger charge is 2.23. The van der Waals surface area contributed by atoms with Gasteiger partial charge in [-0.15, -0.1) is 11.3 Å². The first-order valence-electron chi connectivity index (χ1n) is 7.67. The minimum absolute atomic E-state index is 0.220. The number of aryl methyl sites for hydroxylation is 1. The van der Waals surface area contributed by atoms with Gasteiger partial charge in [-0.3, -0.25) is 0 Å². The second-order valence-electron chi connectivity index (χ2n) is 5.50. The summed E-state index contributed by atoms with van der Waals surface area (Å²) in [5, 5.41) is 6.11. The summed E-state index contributed by atoms with van der Waals surface area (Å²) in [6, 6.07) is 10.8. The Bertz CT molecular complexity index is 901. The molecule has 2 heterocycles. The number of hydrogen-bond acceptors (Lipinski definition) is 4. The lowest BCUT2D eigenvalue weighted by Crippen LogP contribution is -2.28. The molecule has 3 aromatic rings. The predicted molar refractivity (Wildman–Crippen MR) is 96.0 cm³/mol. The van der Waals surface area contributed by atoms with Crippen LogP contribution in [0, 0.1) is 6.92 Å². The maximum Gasteiger partial charge on any atom is 0.241 e. The van der Waals surface area contributed by atoms with Crippen LogP contribution in [-0.4, -0.2) is 18.2 Å². The van der Waals surface area contributed by atoms with E-state index in [9.17, 15) is 8.42 Å². The van der Waals surface area contributed by atoms with Crippen molar-refractivity contribution >= 4 is 21.4 Å². The van der Waals surface area contributed by atoms with Crippen molar-refractivity contribution in [2.24, 2.45) is 0 Å². The van der Waals surface area contributed by atoms with Crippen LogP contribution in [0.25, 0.3) is 5.69 Å². The highest BCUT2D eigenvalue weighted by molar-refractivity contribution is 7.89. The van der Waals surface area contributed by atoms with Crippen molar-refractivity contribution in [3.05, 3.63) is 64.6 Å². The first-order valence-corrected chi connectivity index (χ1v) is 10.0. The van der Waals surface area contributed by atoms with Crippen LogP contribution in [0.15, 0.2) is 59.1 Å². The third kappa shape index (κ3) is 3.43. The molecule has 126 valence electrons. The number of rotatable bonds is 6. The Kier molecular flexibility index (Phi) is 4.84. The van der Waals surface area contributed by atoms with Crippen LogP contribution in [-0.2, 0) is 10.0 Å². The number of sulfonamides is 1. The number of nitrogens with one attached hydrogen (secondary N) is 1. The Morgan fingerprint density at radius 1 is 1.29 bits per heavy atom. The van der Waals surface area contributed by atoms with Crippen molar-refractivity contribution in [2.45, 2.75) is 31.2 Å². The summed E-state index contributed by atoms with van der Waals surface area (Å²) in [7, 11) is -3.63. The zero-order chi connectivity index (χ0) is 17.2. The minimum Gasteiger partial charge on any atom is -0.241 e. The lowest BCUT2D eigenvalue weighted by atomic mass is 10.2. The van der Waals surface area contributed by atoms with Crippen molar-refractivity contribution in [1.82, 2.24) is 14.5 Å². The average Bonchev–Trinajstić information content (AvgIpc) is 3.26. The van der Waals surface area contributed by atoms with E-state index in [0.717, 1.165) is 10.6 Å². The van der Waals surface area contributed by atoms with Crippen molar-refractivity contribution in [3.8, 4) is 5.69 Å². The summed E-state index contributed by atoms with van der Waals surface area (Å²) in [5.74, 6) is 0. The molecule has 0 amide bonds. The summed E-state index contributed by atoms with van der Waals surface area (Å²) >= 11 is 1.56.